The summed E-state index contributed by atoms with van der Waals surface area (Å²) in [6.45, 7) is 1.94. The molecule has 3 heteroatoms. The van der Waals surface area contributed by atoms with E-state index in [1.165, 1.54) is 0 Å². The van der Waals surface area contributed by atoms with E-state index in [9.17, 15) is 0 Å². The number of hydrogen-bond acceptors (Lipinski definition) is 1. The molecule has 0 aliphatic rings. The van der Waals surface area contributed by atoms with Crippen LogP contribution in [0.1, 0.15) is 21.9 Å². The lowest BCUT2D eigenvalue weighted by Gasteiger charge is -2.08. The predicted molar refractivity (Wildman–Crippen MR) is 70.3 cm³/mol. The molecule has 0 fully saturated rings. The van der Waals surface area contributed by atoms with Gasteiger partial charge in [-0.15, -0.1) is 0 Å². The standard InChI is InChI=1S/C13H12BrClO/c1-9-6-7-13(16-9)11(14)8-10-4-2-3-5-12(10)15/h2-7,11H,8H2,1H3. The summed E-state index contributed by atoms with van der Waals surface area (Å²) in [6, 6.07) is 11.8. The molecular formula is C13H12BrClO. The Morgan fingerprint density at radius 3 is 2.62 bits per heavy atom. The summed E-state index contributed by atoms with van der Waals surface area (Å²) in [4.78, 5) is 0.168. The molecule has 0 N–H and O–H groups in total. The lowest BCUT2D eigenvalue weighted by Crippen LogP contribution is -1.94. The van der Waals surface area contributed by atoms with Crippen LogP contribution in [0.5, 0.6) is 0 Å². The van der Waals surface area contributed by atoms with Gasteiger partial charge in [-0.2, -0.15) is 0 Å². The maximum Gasteiger partial charge on any atom is 0.118 e. The van der Waals surface area contributed by atoms with E-state index in [2.05, 4.69) is 15.9 Å². The highest BCUT2D eigenvalue weighted by Crippen LogP contribution is 2.30. The molecular weight excluding hydrogens is 287 g/mol. The summed E-state index contributed by atoms with van der Waals surface area (Å²) >= 11 is 9.73. The highest BCUT2D eigenvalue weighted by atomic mass is 79.9. The van der Waals surface area contributed by atoms with Gasteiger partial charge < -0.3 is 4.42 Å². The van der Waals surface area contributed by atoms with Gasteiger partial charge in [-0.25, -0.2) is 0 Å². The van der Waals surface area contributed by atoms with Gasteiger partial charge in [-0.05, 0) is 37.1 Å². The van der Waals surface area contributed by atoms with Crippen LogP contribution in [0.3, 0.4) is 0 Å². The van der Waals surface area contributed by atoms with Gasteiger partial charge in [0.2, 0.25) is 0 Å². The Bertz CT molecular complexity index is 478. The SMILES string of the molecule is Cc1ccc(C(Br)Cc2ccccc2Cl)o1. The molecule has 0 saturated heterocycles. The van der Waals surface area contributed by atoms with E-state index in [4.69, 9.17) is 16.0 Å². The van der Waals surface area contributed by atoms with Gasteiger partial charge in [0.05, 0.1) is 4.83 Å². The zero-order valence-electron chi connectivity index (χ0n) is 8.91. The summed E-state index contributed by atoms with van der Waals surface area (Å²) in [6.07, 6.45) is 0.826. The molecule has 0 saturated carbocycles. The molecule has 0 bridgehead atoms. The Morgan fingerprint density at radius 2 is 2.00 bits per heavy atom. The van der Waals surface area contributed by atoms with Crippen molar-refractivity contribution < 1.29 is 4.42 Å². The normalized spacial score (nSPS) is 12.7. The fraction of sp³-hybridized carbons (Fsp3) is 0.231. The first kappa shape index (κ1) is 11.7. The van der Waals surface area contributed by atoms with Crippen molar-refractivity contribution >= 4 is 27.5 Å². The van der Waals surface area contributed by atoms with Crippen LogP contribution in [0.2, 0.25) is 5.02 Å². The minimum Gasteiger partial charge on any atom is -0.465 e. The van der Waals surface area contributed by atoms with Gasteiger partial charge in [0.1, 0.15) is 11.5 Å². The quantitative estimate of drug-likeness (QED) is 0.733. The molecule has 1 aromatic carbocycles. The summed E-state index contributed by atoms with van der Waals surface area (Å²) in [5.74, 6) is 1.87. The Balaban J connectivity index is 2.13. The van der Waals surface area contributed by atoms with Crippen molar-refractivity contribution in [3.63, 3.8) is 0 Å². The van der Waals surface area contributed by atoms with Crippen LogP contribution in [0.4, 0.5) is 0 Å². The molecule has 0 aliphatic heterocycles. The Morgan fingerprint density at radius 1 is 1.25 bits per heavy atom. The molecule has 1 nitrogen and oxygen atoms in total. The Hall–Kier alpha value is -0.730. The second-order valence-electron chi connectivity index (χ2n) is 3.71. The van der Waals surface area contributed by atoms with Crippen LogP contribution in [0, 0.1) is 6.92 Å². The maximum absolute atomic E-state index is 6.11. The smallest absolute Gasteiger partial charge is 0.118 e. The van der Waals surface area contributed by atoms with Crippen LogP contribution in [0.25, 0.3) is 0 Å². The summed E-state index contributed by atoms with van der Waals surface area (Å²) < 4.78 is 5.57. The zero-order chi connectivity index (χ0) is 11.5. The fourth-order valence-electron chi connectivity index (χ4n) is 1.58. The van der Waals surface area contributed by atoms with Gasteiger partial charge in [0.15, 0.2) is 0 Å². The highest BCUT2D eigenvalue weighted by molar-refractivity contribution is 9.09. The third-order valence-corrected chi connectivity index (χ3v) is 3.57. The molecule has 1 atom stereocenters. The first-order chi connectivity index (χ1) is 7.66. The van der Waals surface area contributed by atoms with Crippen LogP contribution >= 0.6 is 27.5 Å². The number of aryl methyl sites for hydroxylation is 1. The lowest BCUT2D eigenvalue weighted by molar-refractivity contribution is 0.481. The van der Waals surface area contributed by atoms with E-state index in [0.29, 0.717) is 0 Å². The topological polar surface area (TPSA) is 13.1 Å². The molecule has 0 spiro atoms. The molecule has 1 aromatic heterocycles. The third-order valence-electron chi connectivity index (χ3n) is 2.43. The first-order valence-corrected chi connectivity index (χ1v) is 6.40. The molecule has 0 aliphatic carbocycles. The molecule has 0 amide bonds. The number of alkyl halides is 1. The molecule has 0 radical (unpaired) electrons. The van der Waals surface area contributed by atoms with Crippen molar-refractivity contribution in [2.24, 2.45) is 0 Å². The van der Waals surface area contributed by atoms with Crippen molar-refractivity contribution in [2.75, 3.05) is 0 Å². The van der Waals surface area contributed by atoms with Crippen molar-refractivity contribution in [2.45, 2.75) is 18.2 Å². The number of halogens is 2. The zero-order valence-corrected chi connectivity index (χ0v) is 11.3. The Labute approximate surface area is 109 Å². The molecule has 16 heavy (non-hydrogen) atoms. The average molecular weight is 300 g/mol. The van der Waals surface area contributed by atoms with E-state index < -0.39 is 0 Å². The largest absolute Gasteiger partial charge is 0.465 e. The first-order valence-electron chi connectivity index (χ1n) is 5.10. The van der Waals surface area contributed by atoms with Crippen molar-refractivity contribution in [1.29, 1.82) is 0 Å². The van der Waals surface area contributed by atoms with E-state index in [1.807, 2.05) is 43.3 Å². The van der Waals surface area contributed by atoms with Crippen molar-refractivity contribution in [3.05, 3.63) is 58.5 Å². The lowest BCUT2D eigenvalue weighted by atomic mass is 10.1. The van der Waals surface area contributed by atoms with Crippen LogP contribution < -0.4 is 0 Å². The molecule has 1 heterocycles. The van der Waals surface area contributed by atoms with Crippen molar-refractivity contribution in [3.8, 4) is 0 Å². The van der Waals surface area contributed by atoms with Crippen LogP contribution in [0.15, 0.2) is 40.8 Å². The van der Waals surface area contributed by atoms with Gasteiger partial charge in [0.25, 0.3) is 0 Å². The van der Waals surface area contributed by atoms with Gasteiger partial charge >= 0.3 is 0 Å². The molecule has 2 aromatic rings. The molecule has 84 valence electrons. The maximum atomic E-state index is 6.11. The second kappa shape index (κ2) is 5.07. The summed E-state index contributed by atoms with van der Waals surface area (Å²) in [5, 5.41) is 0.801. The predicted octanol–water partition coefficient (Wildman–Crippen LogP) is 4.92. The van der Waals surface area contributed by atoms with Crippen molar-refractivity contribution in [1.82, 2.24) is 0 Å². The minimum absolute atomic E-state index is 0.168. The monoisotopic (exact) mass is 298 g/mol. The highest BCUT2D eigenvalue weighted by Gasteiger charge is 2.13. The van der Waals surface area contributed by atoms with E-state index in [0.717, 1.165) is 28.5 Å². The summed E-state index contributed by atoms with van der Waals surface area (Å²) in [5.41, 5.74) is 1.13. The van der Waals surface area contributed by atoms with Gasteiger partial charge in [-0.3, -0.25) is 0 Å². The van der Waals surface area contributed by atoms with Crippen LogP contribution in [-0.2, 0) is 6.42 Å². The molecule has 1 unspecified atom stereocenters. The minimum atomic E-state index is 0.168. The average Bonchev–Trinajstić information content (AvgIpc) is 2.68. The van der Waals surface area contributed by atoms with E-state index in [1.54, 1.807) is 0 Å². The fourth-order valence-corrected chi connectivity index (χ4v) is 2.39. The van der Waals surface area contributed by atoms with Gasteiger partial charge in [-0.1, -0.05) is 45.7 Å². The van der Waals surface area contributed by atoms with E-state index >= 15 is 0 Å². The summed E-state index contributed by atoms with van der Waals surface area (Å²) in [7, 11) is 0. The molecule has 2 rings (SSSR count). The number of benzene rings is 1. The van der Waals surface area contributed by atoms with E-state index in [-0.39, 0.29) is 4.83 Å². The van der Waals surface area contributed by atoms with Crippen LogP contribution in [-0.4, -0.2) is 0 Å². The van der Waals surface area contributed by atoms with Gasteiger partial charge in [0, 0.05) is 5.02 Å². The number of rotatable bonds is 3. The third kappa shape index (κ3) is 2.69. The number of hydrogen-bond donors (Lipinski definition) is 0. The number of furan rings is 1. The second-order valence-corrected chi connectivity index (χ2v) is 5.22. The Kier molecular flexibility index (Phi) is 3.72.